The van der Waals surface area contributed by atoms with Crippen LogP contribution in [0.2, 0.25) is 0 Å². The average Bonchev–Trinajstić information content (AvgIpc) is 2.52. The van der Waals surface area contributed by atoms with E-state index < -0.39 is 0 Å². The van der Waals surface area contributed by atoms with Crippen LogP contribution in [0.5, 0.6) is 6.01 Å². The summed E-state index contributed by atoms with van der Waals surface area (Å²) >= 11 is 0. The molecule has 0 atom stereocenters. The lowest BCUT2D eigenvalue weighted by molar-refractivity contribution is 0.291. The zero-order chi connectivity index (χ0) is 14.4. The van der Waals surface area contributed by atoms with Crippen molar-refractivity contribution < 1.29 is 4.74 Å². The van der Waals surface area contributed by atoms with E-state index in [1.165, 1.54) is 19.3 Å². The lowest BCUT2D eigenvalue weighted by Gasteiger charge is -2.31. The molecular weight excluding hydrogens is 254 g/mol. The Labute approximate surface area is 121 Å². The minimum atomic E-state index is 0.416. The molecule has 112 valence electrons. The highest BCUT2D eigenvalue weighted by molar-refractivity contribution is 5.38. The maximum atomic E-state index is 5.54. The Balaban J connectivity index is 2.10. The predicted octanol–water partition coefficient (Wildman–Crippen LogP) is 2.33. The SMILES string of the molecule is CCCOc1nc(NC)nc(N2CCC(CC)CC2)n1. The van der Waals surface area contributed by atoms with Gasteiger partial charge in [0, 0.05) is 20.1 Å². The van der Waals surface area contributed by atoms with Crippen LogP contribution < -0.4 is 15.0 Å². The van der Waals surface area contributed by atoms with Crippen molar-refractivity contribution in [2.75, 3.05) is 37.0 Å². The average molecular weight is 279 g/mol. The van der Waals surface area contributed by atoms with Gasteiger partial charge in [0.05, 0.1) is 6.61 Å². The van der Waals surface area contributed by atoms with Gasteiger partial charge in [0.1, 0.15) is 0 Å². The second kappa shape index (κ2) is 7.26. The minimum absolute atomic E-state index is 0.416. The van der Waals surface area contributed by atoms with Crippen molar-refractivity contribution in [3.8, 4) is 6.01 Å². The van der Waals surface area contributed by atoms with Crippen molar-refractivity contribution in [1.82, 2.24) is 15.0 Å². The summed E-state index contributed by atoms with van der Waals surface area (Å²) in [5, 5.41) is 2.97. The first-order valence-electron chi connectivity index (χ1n) is 7.58. The summed E-state index contributed by atoms with van der Waals surface area (Å²) in [5.41, 5.74) is 0. The van der Waals surface area contributed by atoms with Crippen LogP contribution >= 0.6 is 0 Å². The van der Waals surface area contributed by atoms with Gasteiger partial charge >= 0.3 is 6.01 Å². The molecule has 0 saturated carbocycles. The summed E-state index contributed by atoms with van der Waals surface area (Å²) in [5.74, 6) is 2.14. The number of rotatable bonds is 6. The van der Waals surface area contributed by atoms with Gasteiger partial charge in [0.2, 0.25) is 11.9 Å². The molecule has 0 amide bonds. The lowest BCUT2D eigenvalue weighted by Crippen LogP contribution is -2.35. The fourth-order valence-corrected chi connectivity index (χ4v) is 2.40. The second-order valence-corrected chi connectivity index (χ2v) is 5.18. The zero-order valence-electron chi connectivity index (χ0n) is 12.7. The second-order valence-electron chi connectivity index (χ2n) is 5.18. The van der Waals surface area contributed by atoms with E-state index >= 15 is 0 Å². The maximum Gasteiger partial charge on any atom is 0.323 e. The van der Waals surface area contributed by atoms with Crippen LogP contribution in [0.15, 0.2) is 0 Å². The van der Waals surface area contributed by atoms with E-state index in [1.807, 2.05) is 7.05 Å². The summed E-state index contributed by atoms with van der Waals surface area (Å²) in [7, 11) is 1.81. The highest BCUT2D eigenvalue weighted by Crippen LogP contribution is 2.24. The third kappa shape index (κ3) is 3.71. The van der Waals surface area contributed by atoms with Crippen LogP contribution in [-0.2, 0) is 0 Å². The van der Waals surface area contributed by atoms with Crippen molar-refractivity contribution in [3.63, 3.8) is 0 Å². The largest absolute Gasteiger partial charge is 0.463 e. The van der Waals surface area contributed by atoms with E-state index in [0.29, 0.717) is 18.6 Å². The number of nitrogens with zero attached hydrogens (tertiary/aromatic N) is 4. The first kappa shape index (κ1) is 14.8. The molecule has 2 heterocycles. The Kier molecular flexibility index (Phi) is 5.38. The van der Waals surface area contributed by atoms with E-state index in [0.717, 1.165) is 31.4 Å². The van der Waals surface area contributed by atoms with Crippen molar-refractivity contribution >= 4 is 11.9 Å². The van der Waals surface area contributed by atoms with Crippen LogP contribution in [0, 0.1) is 5.92 Å². The number of anilines is 2. The Morgan fingerprint density at radius 3 is 2.55 bits per heavy atom. The Hall–Kier alpha value is -1.59. The summed E-state index contributed by atoms with van der Waals surface area (Å²) < 4.78 is 5.54. The van der Waals surface area contributed by atoms with Crippen LogP contribution in [0.3, 0.4) is 0 Å². The highest BCUT2D eigenvalue weighted by atomic mass is 16.5. The first-order chi connectivity index (χ1) is 9.76. The molecule has 0 aromatic carbocycles. The number of piperidine rings is 1. The number of hydrogen-bond donors (Lipinski definition) is 1. The normalized spacial score (nSPS) is 16.2. The van der Waals surface area contributed by atoms with E-state index in [2.05, 4.69) is 39.0 Å². The quantitative estimate of drug-likeness (QED) is 0.862. The lowest BCUT2D eigenvalue weighted by atomic mass is 9.95. The third-order valence-electron chi connectivity index (χ3n) is 3.74. The van der Waals surface area contributed by atoms with Gasteiger partial charge in [-0.3, -0.25) is 0 Å². The van der Waals surface area contributed by atoms with Crippen molar-refractivity contribution in [3.05, 3.63) is 0 Å². The third-order valence-corrected chi connectivity index (χ3v) is 3.74. The zero-order valence-corrected chi connectivity index (χ0v) is 12.7. The van der Waals surface area contributed by atoms with Crippen LogP contribution in [0.1, 0.15) is 39.5 Å². The van der Waals surface area contributed by atoms with E-state index in [4.69, 9.17) is 4.74 Å². The van der Waals surface area contributed by atoms with Crippen LogP contribution in [0.25, 0.3) is 0 Å². The van der Waals surface area contributed by atoms with Gasteiger partial charge < -0.3 is 15.0 Å². The van der Waals surface area contributed by atoms with Crippen LogP contribution in [-0.4, -0.2) is 41.7 Å². The van der Waals surface area contributed by atoms with Gasteiger partial charge in [-0.25, -0.2) is 0 Å². The predicted molar refractivity (Wildman–Crippen MR) is 80.4 cm³/mol. The van der Waals surface area contributed by atoms with Gasteiger partial charge in [0.25, 0.3) is 0 Å². The number of nitrogens with one attached hydrogen (secondary N) is 1. The van der Waals surface area contributed by atoms with Crippen molar-refractivity contribution in [2.45, 2.75) is 39.5 Å². The molecular formula is C14H25N5O. The minimum Gasteiger partial charge on any atom is -0.463 e. The molecule has 1 aromatic heterocycles. The van der Waals surface area contributed by atoms with Crippen molar-refractivity contribution in [2.24, 2.45) is 5.92 Å². The van der Waals surface area contributed by atoms with Gasteiger partial charge in [-0.15, -0.1) is 0 Å². The van der Waals surface area contributed by atoms with Gasteiger partial charge in [0.15, 0.2) is 0 Å². The molecule has 0 aliphatic carbocycles. The molecule has 1 aliphatic rings. The molecule has 20 heavy (non-hydrogen) atoms. The first-order valence-corrected chi connectivity index (χ1v) is 7.58. The molecule has 6 heteroatoms. The maximum absolute atomic E-state index is 5.54. The molecule has 1 aromatic rings. The van der Waals surface area contributed by atoms with Gasteiger partial charge in [-0.2, -0.15) is 15.0 Å². The van der Waals surface area contributed by atoms with E-state index in [-0.39, 0.29) is 0 Å². The smallest absolute Gasteiger partial charge is 0.323 e. The summed E-state index contributed by atoms with van der Waals surface area (Å²) in [6, 6.07) is 0.416. The highest BCUT2D eigenvalue weighted by Gasteiger charge is 2.21. The fourth-order valence-electron chi connectivity index (χ4n) is 2.40. The van der Waals surface area contributed by atoms with Crippen molar-refractivity contribution in [1.29, 1.82) is 0 Å². The Morgan fingerprint density at radius 1 is 1.20 bits per heavy atom. The molecule has 0 bridgehead atoms. The summed E-state index contributed by atoms with van der Waals surface area (Å²) in [6.07, 6.45) is 4.62. The summed E-state index contributed by atoms with van der Waals surface area (Å²) in [4.78, 5) is 15.3. The standard InChI is InChI=1S/C14H25N5O/c1-4-10-20-14-17-12(15-3)16-13(18-14)19-8-6-11(5-2)7-9-19/h11H,4-10H2,1-3H3,(H,15,16,17,18). The molecule has 0 radical (unpaired) electrons. The molecule has 1 N–H and O–H groups in total. The topological polar surface area (TPSA) is 63.2 Å². The number of aromatic nitrogens is 3. The van der Waals surface area contributed by atoms with Crippen LogP contribution in [0.4, 0.5) is 11.9 Å². The van der Waals surface area contributed by atoms with Gasteiger partial charge in [-0.1, -0.05) is 20.3 Å². The number of hydrogen-bond acceptors (Lipinski definition) is 6. The Bertz CT molecular complexity index is 418. The van der Waals surface area contributed by atoms with E-state index in [9.17, 15) is 0 Å². The summed E-state index contributed by atoms with van der Waals surface area (Å²) in [6.45, 7) is 6.98. The molecule has 1 aliphatic heterocycles. The molecule has 1 fully saturated rings. The van der Waals surface area contributed by atoms with Gasteiger partial charge in [-0.05, 0) is 25.2 Å². The molecule has 2 rings (SSSR count). The van der Waals surface area contributed by atoms with E-state index in [1.54, 1.807) is 0 Å². The fraction of sp³-hybridized carbons (Fsp3) is 0.786. The Morgan fingerprint density at radius 2 is 1.95 bits per heavy atom. The molecule has 0 spiro atoms. The molecule has 1 saturated heterocycles. The monoisotopic (exact) mass is 279 g/mol. The molecule has 0 unspecified atom stereocenters. The molecule has 6 nitrogen and oxygen atoms in total. The number of ether oxygens (including phenoxy) is 1.